The largest absolute Gasteiger partial charge is 0.458 e. The Balaban J connectivity index is 2.06. The first-order chi connectivity index (χ1) is 8.65. The molecular formula is C13H9Br2NOS. The van der Waals surface area contributed by atoms with Crippen LogP contribution < -0.4 is 5.73 Å². The van der Waals surface area contributed by atoms with Gasteiger partial charge in [-0.15, -0.1) is 11.3 Å². The second-order valence-corrected chi connectivity index (χ2v) is 6.66. The summed E-state index contributed by atoms with van der Waals surface area (Å²) < 4.78 is 7.84. The average molecular weight is 387 g/mol. The SMILES string of the molecule is NC(c1cc2cccc(Br)c2o1)c1cc(Br)cs1. The summed E-state index contributed by atoms with van der Waals surface area (Å²) in [5, 5.41) is 3.08. The molecule has 92 valence electrons. The smallest absolute Gasteiger partial charge is 0.148 e. The molecule has 0 saturated carbocycles. The van der Waals surface area contributed by atoms with E-state index >= 15 is 0 Å². The molecule has 2 aromatic heterocycles. The number of nitrogens with two attached hydrogens (primary N) is 1. The molecule has 1 atom stereocenters. The lowest BCUT2D eigenvalue weighted by atomic mass is 10.2. The Hall–Kier alpha value is -0.620. The van der Waals surface area contributed by atoms with Gasteiger partial charge in [0, 0.05) is 20.1 Å². The molecule has 2 heterocycles. The van der Waals surface area contributed by atoms with Gasteiger partial charge < -0.3 is 10.2 Å². The maximum atomic E-state index is 6.22. The van der Waals surface area contributed by atoms with Gasteiger partial charge in [0.2, 0.25) is 0 Å². The lowest BCUT2D eigenvalue weighted by molar-refractivity contribution is 0.526. The van der Waals surface area contributed by atoms with Crippen LogP contribution >= 0.6 is 43.2 Å². The molecule has 0 aliphatic heterocycles. The Morgan fingerprint density at radius 3 is 2.72 bits per heavy atom. The van der Waals surface area contributed by atoms with Crippen molar-refractivity contribution in [2.75, 3.05) is 0 Å². The molecule has 0 fully saturated rings. The molecule has 1 unspecified atom stereocenters. The number of halogens is 2. The third kappa shape index (κ3) is 2.16. The van der Waals surface area contributed by atoms with E-state index in [0.717, 1.165) is 30.6 Å². The predicted octanol–water partition coefficient (Wildman–Crippen LogP) is 5.07. The van der Waals surface area contributed by atoms with Gasteiger partial charge in [-0.05, 0) is 50.1 Å². The van der Waals surface area contributed by atoms with E-state index in [1.165, 1.54) is 0 Å². The van der Waals surface area contributed by atoms with Gasteiger partial charge in [-0.2, -0.15) is 0 Å². The van der Waals surface area contributed by atoms with Crippen LogP contribution in [0.4, 0.5) is 0 Å². The summed E-state index contributed by atoms with van der Waals surface area (Å²) in [4.78, 5) is 1.08. The minimum absolute atomic E-state index is 0.222. The average Bonchev–Trinajstić information content (AvgIpc) is 2.95. The minimum Gasteiger partial charge on any atom is -0.458 e. The van der Waals surface area contributed by atoms with E-state index in [1.807, 2.05) is 35.7 Å². The van der Waals surface area contributed by atoms with E-state index in [9.17, 15) is 0 Å². The Morgan fingerprint density at radius 2 is 2.06 bits per heavy atom. The zero-order chi connectivity index (χ0) is 12.7. The maximum absolute atomic E-state index is 6.22. The van der Waals surface area contributed by atoms with Crippen LogP contribution in [0, 0.1) is 0 Å². The Kier molecular flexibility index (Phi) is 3.32. The molecule has 2 nitrogen and oxygen atoms in total. The van der Waals surface area contributed by atoms with Crippen molar-refractivity contribution in [3.05, 3.63) is 55.3 Å². The second-order valence-electron chi connectivity index (χ2n) is 3.95. The van der Waals surface area contributed by atoms with E-state index in [2.05, 4.69) is 31.9 Å². The predicted molar refractivity (Wildman–Crippen MR) is 82.0 cm³/mol. The maximum Gasteiger partial charge on any atom is 0.148 e. The van der Waals surface area contributed by atoms with Crippen molar-refractivity contribution in [1.82, 2.24) is 0 Å². The molecular weight excluding hydrogens is 378 g/mol. The number of thiophene rings is 1. The summed E-state index contributed by atoms with van der Waals surface area (Å²) in [6.45, 7) is 0. The van der Waals surface area contributed by atoms with Crippen molar-refractivity contribution in [1.29, 1.82) is 0 Å². The summed E-state index contributed by atoms with van der Waals surface area (Å²) in [6.07, 6.45) is 0. The quantitative estimate of drug-likeness (QED) is 0.667. The number of furan rings is 1. The van der Waals surface area contributed by atoms with Crippen LogP contribution in [-0.2, 0) is 0 Å². The molecule has 3 aromatic rings. The number of benzene rings is 1. The van der Waals surface area contributed by atoms with Crippen LogP contribution in [0.25, 0.3) is 11.0 Å². The Bertz CT molecular complexity index is 704. The summed E-state index contributed by atoms with van der Waals surface area (Å²) in [7, 11) is 0. The highest BCUT2D eigenvalue weighted by atomic mass is 79.9. The van der Waals surface area contributed by atoms with Gasteiger partial charge in [0.1, 0.15) is 11.3 Å². The zero-order valence-corrected chi connectivity index (χ0v) is 13.2. The molecule has 0 spiro atoms. The summed E-state index contributed by atoms with van der Waals surface area (Å²) in [5.74, 6) is 0.784. The van der Waals surface area contributed by atoms with E-state index in [-0.39, 0.29) is 6.04 Å². The number of hydrogen-bond donors (Lipinski definition) is 1. The fraction of sp³-hybridized carbons (Fsp3) is 0.0769. The summed E-state index contributed by atoms with van der Waals surface area (Å²) >= 11 is 8.54. The van der Waals surface area contributed by atoms with Crippen LogP contribution in [0.15, 0.2) is 49.1 Å². The first kappa shape index (κ1) is 12.4. The molecule has 0 bridgehead atoms. The molecule has 1 aromatic carbocycles. The van der Waals surface area contributed by atoms with Gasteiger partial charge >= 0.3 is 0 Å². The van der Waals surface area contributed by atoms with E-state index in [0.29, 0.717) is 0 Å². The Labute approximate surface area is 125 Å². The standard InChI is InChI=1S/C13H9Br2NOS/c14-8-5-11(18-6-8)12(16)10-4-7-2-1-3-9(15)13(7)17-10/h1-6,12H,16H2. The molecule has 0 amide bonds. The molecule has 3 rings (SSSR count). The molecule has 0 aliphatic carbocycles. The molecule has 2 N–H and O–H groups in total. The molecule has 0 aliphatic rings. The lowest BCUT2D eigenvalue weighted by Crippen LogP contribution is -2.08. The van der Waals surface area contributed by atoms with Crippen molar-refractivity contribution in [2.45, 2.75) is 6.04 Å². The fourth-order valence-electron chi connectivity index (χ4n) is 1.83. The highest BCUT2D eigenvalue weighted by Gasteiger charge is 2.16. The van der Waals surface area contributed by atoms with Crippen LogP contribution in [0.2, 0.25) is 0 Å². The topological polar surface area (TPSA) is 39.2 Å². The van der Waals surface area contributed by atoms with E-state index in [1.54, 1.807) is 11.3 Å². The van der Waals surface area contributed by atoms with Gasteiger partial charge in [0.05, 0.1) is 10.5 Å². The van der Waals surface area contributed by atoms with Crippen molar-refractivity contribution in [3.8, 4) is 0 Å². The van der Waals surface area contributed by atoms with Crippen molar-refractivity contribution >= 4 is 54.2 Å². The number of para-hydroxylation sites is 1. The van der Waals surface area contributed by atoms with Gasteiger partial charge in [-0.25, -0.2) is 0 Å². The summed E-state index contributed by atoms with van der Waals surface area (Å²) in [5.41, 5.74) is 7.07. The van der Waals surface area contributed by atoms with E-state index in [4.69, 9.17) is 10.2 Å². The zero-order valence-electron chi connectivity index (χ0n) is 9.19. The first-order valence-corrected chi connectivity index (χ1v) is 7.79. The highest BCUT2D eigenvalue weighted by molar-refractivity contribution is 9.11. The summed E-state index contributed by atoms with van der Waals surface area (Å²) in [6, 6.07) is 9.77. The van der Waals surface area contributed by atoms with E-state index < -0.39 is 0 Å². The molecule has 5 heteroatoms. The monoisotopic (exact) mass is 385 g/mol. The first-order valence-electron chi connectivity index (χ1n) is 5.32. The van der Waals surface area contributed by atoms with Crippen molar-refractivity contribution in [3.63, 3.8) is 0 Å². The van der Waals surface area contributed by atoms with Crippen molar-refractivity contribution in [2.24, 2.45) is 5.73 Å². The van der Waals surface area contributed by atoms with Crippen LogP contribution in [0.3, 0.4) is 0 Å². The molecule has 0 saturated heterocycles. The molecule has 18 heavy (non-hydrogen) atoms. The second kappa shape index (κ2) is 4.81. The Morgan fingerprint density at radius 1 is 1.22 bits per heavy atom. The normalized spacial score (nSPS) is 13.1. The fourth-order valence-corrected chi connectivity index (χ4v) is 3.75. The van der Waals surface area contributed by atoms with Crippen LogP contribution in [0.5, 0.6) is 0 Å². The minimum atomic E-state index is -0.222. The van der Waals surface area contributed by atoms with Crippen LogP contribution in [-0.4, -0.2) is 0 Å². The number of hydrogen-bond acceptors (Lipinski definition) is 3. The van der Waals surface area contributed by atoms with Crippen molar-refractivity contribution < 1.29 is 4.42 Å². The molecule has 0 radical (unpaired) electrons. The van der Waals surface area contributed by atoms with Crippen LogP contribution in [0.1, 0.15) is 16.7 Å². The third-order valence-electron chi connectivity index (χ3n) is 2.72. The number of rotatable bonds is 2. The highest BCUT2D eigenvalue weighted by Crippen LogP contribution is 2.33. The van der Waals surface area contributed by atoms with Gasteiger partial charge in [0.25, 0.3) is 0 Å². The van der Waals surface area contributed by atoms with Gasteiger partial charge in [-0.3, -0.25) is 0 Å². The third-order valence-corrected chi connectivity index (χ3v) is 5.12. The lowest BCUT2D eigenvalue weighted by Gasteiger charge is -2.04. The van der Waals surface area contributed by atoms with Gasteiger partial charge in [-0.1, -0.05) is 12.1 Å². The van der Waals surface area contributed by atoms with Gasteiger partial charge in [0.15, 0.2) is 0 Å². The number of fused-ring (bicyclic) bond motifs is 1.